The maximum absolute atomic E-state index is 11.6. The van der Waals surface area contributed by atoms with Crippen LogP contribution in [0.2, 0.25) is 0 Å². The normalized spacial score (nSPS) is 10.7. The highest BCUT2D eigenvalue weighted by Gasteiger charge is 2.18. The Balaban J connectivity index is 3.11. The van der Waals surface area contributed by atoms with Crippen molar-refractivity contribution in [1.82, 2.24) is 5.32 Å². The summed E-state index contributed by atoms with van der Waals surface area (Å²) in [5, 5.41) is 11.8. The first-order valence-corrected chi connectivity index (χ1v) is 7.08. The van der Waals surface area contributed by atoms with Crippen LogP contribution < -0.4 is 16.0 Å². The molecule has 0 bridgehead atoms. The van der Waals surface area contributed by atoms with Gasteiger partial charge >= 0.3 is 0 Å². The molecule has 20 heavy (non-hydrogen) atoms. The monoisotopic (exact) mass is 279 g/mol. The van der Waals surface area contributed by atoms with Crippen LogP contribution in [-0.4, -0.2) is 37.3 Å². The molecule has 1 amide bonds. The Hall–Kier alpha value is -1.75. The van der Waals surface area contributed by atoms with Crippen LogP contribution in [0.3, 0.4) is 0 Å². The number of hydrogen-bond donors (Lipinski definition) is 3. The van der Waals surface area contributed by atoms with E-state index >= 15 is 0 Å². The second kappa shape index (κ2) is 7.75. The summed E-state index contributed by atoms with van der Waals surface area (Å²) in [6.45, 7) is 4.85. The van der Waals surface area contributed by atoms with Crippen LogP contribution in [0.4, 0.5) is 11.4 Å². The molecule has 0 aromatic heterocycles. The number of aliphatic hydroxyl groups excluding tert-OH is 1. The number of benzene rings is 1. The van der Waals surface area contributed by atoms with Crippen molar-refractivity contribution in [3.05, 3.63) is 23.8 Å². The fourth-order valence-corrected chi connectivity index (χ4v) is 2.44. The molecule has 0 aliphatic heterocycles. The molecule has 0 radical (unpaired) electrons. The van der Waals surface area contributed by atoms with Gasteiger partial charge in [0.1, 0.15) is 0 Å². The molecule has 0 saturated carbocycles. The van der Waals surface area contributed by atoms with Gasteiger partial charge in [-0.3, -0.25) is 4.79 Å². The smallest absolute Gasteiger partial charge is 0.251 e. The number of hydrogen-bond acceptors (Lipinski definition) is 4. The minimum Gasteiger partial charge on any atom is -0.397 e. The van der Waals surface area contributed by atoms with E-state index in [0.29, 0.717) is 23.8 Å². The summed E-state index contributed by atoms with van der Waals surface area (Å²) in [5.74, 6) is -0.153. The summed E-state index contributed by atoms with van der Waals surface area (Å²) in [7, 11) is 1.59. The van der Waals surface area contributed by atoms with Crippen molar-refractivity contribution in [2.75, 3.05) is 30.8 Å². The van der Waals surface area contributed by atoms with E-state index in [1.807, 2.05) is 6.07 Å². The Labute approximate surface area is 120 Å². The van der Waals surface area contributed by atoms with Crippen molar-refractivity contribution in [1.29, 1.82) is 0 Å². The minimum absolute atomic E-state index is 0.0765. The molecule has 5 nitrogen and oxygen atoms in total. The van der Waals surface area contributed by atoms with Gasteiger partial charge in [-0.25, -0.2) is 0 Å². The number of anilines is 2. The zero-order valence-electron chi connectivity index (χ0n) is 12.5. The lowest BCUT2D eigenvalue weighted by molar-refractivity contribution is 0.0963. The van der Waals surface area contributed by atoms with Crippen LogP contribution in [0.5, 0.6) is 0 Å². The molecule has 112 valence electrons. The van der Waals surface area contributed by atoms with Gasteiger partial charge in [0, 0.05) is 25.2 Å². The molecule has 0 aliphatic carbocycles. The molecule has 1 aromatic rings. The van der Waals surface area contributed by atoms with Crippen LogP contribution in [0, 0.1) is 0 Å². The van der Waals surface area contributed by atoms with E-state index < -0.39 is 0 Å². The number of rotatable bonds is 7. The quantitative estimate of drug-likeness (QED) is 0.663. The average molecular weight is 279 g/mol. The van der Waals surface area contributed by atoms with Gasteiger partial charge in [-0.05, 0) is 31.0 Å². The maximum Gasteiger partial charge on any atom is 0.251 e. The molecule has 4 N–H and O–H groups in total. The van der Waals surface area contributed by atoms with Crippen LogP contribution in [0.1, 0.15) is 37.0 Å². The highest BCUT2D eigenvalue weighted by molar-refractivity contribution is 5.96. The highest BCUT2D eigenvalue weighted by Crippen LogP contribution is 2.27. The Morgan fingerprint density at radius 1 is 1.40 bits per heavy atom. The first-order chi connectivity index (χ1) is 9.58. The maximum atomic E-state index is 11.6. The molecular weight excluding hydrogens is 254 g/mol. The number of nitrogens with zero attached hydrogens (tertiary/aromatic N) is 1. The summed E-state index contributed by atoms with van der Waals surface area (Å²) in [6.07, 6.45) is 1.96. The molecule has 0 heterocycles. The number of carbonyl (C=O) groups is 1. The first-order valence-electron chi connectivity index (χ1n) is 7.08. The number of amides is 1. The van der Waals surface area contributed by atoms with E-state index in [0.717, 1.165) is 18.5 Å². The largest absolute Gasteiger partial charge is 0.397 e. The second-order valence-electron chi connectivity index (χ2n) is 4.74. The summed E-state index contributed by atoms with van der Waals surface area (Å²) >= 11 is 0. The van der Waals surface area contributed by atoms with Crippen LogP contribution in [-0.2, 0) is 0 Å². The van der Waals surface area contributed by atoms with Gasteiger partial charge in [-0.1, -0.05) is 13.8 Å². The van der Waals surface area contributed by atoms with E-state index in [4.69, 9.17) is 5.73 Å². The molecule has 5 heteroatoms. The van der Waals surface area contributed by atoms with Crippen molar-refractivity contribution in [2.45, 2.75) is 32.7 Å². The van der Waals surface area contributed by atoms with Gasteiger partial charge in [0.05, 0.1) is 18.0 Å². The fourth-order valence-electron chi connectivity index (χ4n) is 2.44. The lowest BCUT2D eigenvalue weighted by Crippen LogP contribution is -2.37. The van der Waals surface area contributed by atoms with Crippen molar-refractivity contribution in [3.63, 3.8) is 0 Å². The predicted molar refractivity (Wildman–Crippen MR) is 83.0 cm³/mol. The predicted octanol–water partition coefficient (Wildman–Crippen LogP) is 1.62. The standard InChI is InChI=1S/C15H25N3O2/c1-4-12(5-2)18(8-9-19)14-7-6-11(10-13(14)16)15(20)17-3/h6-7,10,12,19H,4-5,8-9,16H2,1-3H3,(H,17,20). The fraction of sp³-hybridized carbons (Fsp3) is 0.533. The average Bonchev–Trinajstić information content (AvgIpc) is 2.46. The number of nitrogens with one attached hydrogen (secondary N) is 1. The Bertz CT molecular complexity index is 445. The highest BCUT2D eigenvalue weighted by atomic mass is 16.3. The Morgan fingerprint density at radius 2 is 2.05 bits per heavy atom. The van der Waals surface area contributed by atoms with Crippen molar-refractivity contribution in [3.8, 4) is 0 Å². The second-order valence-corrected chi connectivity index (χ2v) is 4.74. The van der Waals surface area contributed by atoms with Crippen LogP contribution in [0.25, 0.3) is 0 Å². The lowest BCUT2D eigenvalue weighted by atomic mass is 10.1. The van der Waals surface area contributed by atoms with Crippen molar-refractivity contribution >= 4 is 17.3 Å². The van der Waals surface area contributed by atoms with Gasteiger partial charge in [-0.2, -0.15) is 0 Å². The summed E-state index contributed by atoms with van der Waals surface area (Å²) in [4.78, 5) is 13.7. The van der Waals surface area contributed by atoms with E-state index in [2.05, 4.69) is 24.1 Å². The zero-order chi connectivity index (χ0) is 15.1. The topological polar surface area (TPSA) is 78.6 Å². The van der Waals surface area contributed by atoms with E-state index in [1.54, 1.807) is 19.2 Å². The van der Waals surface area contributed by atoms with Gasteiger partial charge < -0.3 is 21.1 Å². The SMILES string of the molecule is CCC(CC)N(CCO)c1ccc(C(=O)NC)cc1N. The van der Waals surface area contributed by atoms with Crippen LogP contribution in [0.15, 0.2) is 18.2 Å². The number of nitrogens with two attached hydrogens (primary N) is 1. The van der Waals surface area contributed by atoms with Crippen molar-refractivity contribution in [2.24, 2.45) is 0 Å². The first kappa shape index (κ1) is 16.3. The molecule has 0 unspecified atom stereocenters. The molecule has 0 spiro atoms. The summed E-state index contributed by atoms with van der Waals surface area (Å²) in [6, 6.07) is 5.63. The van der Waals surface area contributed by atoms with Crippen molar-refractivity contribution < 1.29 is 9.90 Å². The third-order valence-electron chi connectivity index (χ3n) is 3.55. The molecule has 0 aliphatic rings. The third-order valence-corrected chi connectivity index (χ3v) is 3.55. The van der Waals surface area contributed by atoms with Crippen LogP contribution >= 0.6 is 0 Å². The molecule has 0 fully saturated rings. The van der Waals surface area contributed by atoms with Gasteiger partial charge in [0.25, 0.3) is 5.91 Å². The molecule has 0 saturated heterocycles. The molecule has 1 aromatic carbocycles. The van der Waals surface area contributed by atoms with E-state index in [-0.39, 0.29) is 12.5 Å². The summed E-state index contributed by atoms with van der Waals surface area (Å²) in [5.41, 5.74) is 8.07. The molecule has 1 rings (SSSR count). The van der Waals surface area contributed by atoms with Gasteiger partial charge in [-0.15, -0.1) is 0 Å². The number of carbonyl (C=O) groups excluding carboxylic acids is 1. The number of aliphatic hydroxyl groups is 1. The zero-order valence-corrected chi connectivity index (χ0v) is 12.5. The van der Waals surface area contributed by atoms with E-state index in [9.17, 15) is 9.90 Å². The van der Waals surface area contributed by atoms with Gasteiger partial charge in [0.2, 0.25) is 0 Å². The minimum atomic E-state index is -0.153. The number of nitrogen functional groups attached to an aromatic ring is 1. The Morgan fingerprint density at radius 3 is 2.50 bits per heavy atom. The van der Waals surface area contributed by atoms with E-state index in [1.165, 1.54) is 0 Å². The third kappa shape index (κ3) is 3.63. The molecule has 0 atom stereocenters. The Kier molecular flexibility index (Phi) is 6.31. The lowest BCUT2D eigenvalue weighted by Gasteiger charge is -2.33. The summed E-state index contributed by atoms with van der Waals surface area (Å²) < 4.78 is 0. The molecular formula is C15H25N3O2. The van der Waals surface area contributed by atoms with Gasteiger partial charge in [0.15, 0.2) is 0 Å².